The molecule has 1 atom stereocenters. The predicted molar refractivity (Wildman–Crippen MR) is 103 cm³/mol. The van der Waals surface area contributed by atoms with Gasteiger partial charge in [0.25, 0.3) is 0 Å². The Morgan fingerprint density at radius 3 is 2.85 bits per heavy atom. The Balaban J connectivity index is 1.41. The summed E-state index contributed by atoms with van der Waals surface area (Å²) < 4.78 is 16.8. The van der Waals surface area contributed by atoms with Gasteiger partial charge in [-0.15, -0.1) is 0 Å². The third-order valence-corrected chi connectivity index (χ3v) is 6.04. The molecule has 6 heteroatoms. The van der Waals surface area contributed by atoms with E-state index in [2.05, 4.69) is 27.5 Å². The van der Waals surface area contributed by atoms with Gasteiger partial charge in [0.05, 0.1) is 18.4 Å². The minimum Gasteiger partial charge on any atom is -0.493 e. The van der Waals surface area contributed by atoms with Crippen LogP contribution in [-0.2, 0) is 13.2 Å². The Hall–Kier alpha value is -2.05. The highest BCUT2D eigenvalue weighted by molar-refractivity contribution is 5.43. The van der Waals surface area contributed by atoms with E-state index in [1.165, 1.54) is 44.6 Å². The van der Waals surface area contributed by atoms with Crippen LogP contribution in [0.5, 0.6) is 11.5 Å². The molecule has 1 unspecified atom stereocenters. The van der Waals surface area contributed by atoms with Crippen molar-refractivity contribution in [1.29, 1.82) is 0 Å². The van der Waals surface area contributed by atoms with Crippen LogP contribution in [0.15, 0.2) is 22.7 Å². The van der Waals surface area contributed by atoms with Crippen molar-refractivity contribution < 1.29 is 14.0 Å². The topological polar surface area (TPSA) is 59.8 Å². The molecule has 146 valence electrons. The summed E-state index contributed by atoms with van der Waals surface area (Å²) in [6.45, 7) is 9.92. The van der Waals surface area contributed by atoms with Gasteiger partial charge in [-0.3, -0.25) is 4.90 Å². The lowest BCUT2D eigenvalue weighted by Gasteiger charge is -2.23. The molecule has 2 aliphatic rings. The molecule has 0 radical (unpaired) electrons. The second kappa shape index (κ2) is 7.52. The molecule has 0 bridgehead atoms. The first-order valence-corrected chi connectivity index (χ1v) is 9.73. The summed E-state index contributed by atoms with van der Waals surface area (Å²) >= 11 is 0. The highest BCUT2D eigenvalue weighted by atomic mass is 16.5. The summed E-state index contributed by atoms with van der Waals surface area (Å²) in [6, 6.07) is 6.25. The molecule has 0 aliphatic carbocycles. The van der Waals surface area contributed by atoms with E-state index >= 15 is 0 Å². The average Bonchev–Trinajstić information content (AvgIpc) is 3.37. The van der Waals surface area contributed by atoms with Crippen molar-refractivity contribution in [2.75, 3.05) is 33.3 Å². The molecule has 4 rings (SSSR count). The summed E-state index contributed by atoms with van der Waals surface area (Å²) in [5.74, 6) is 2.32. The van der Waals surface area contributed by atoms with E-state index in [1.54, 1.807) is 7.11 Å². The molecule has 3 heterocycles. The largest absolute Gasteiger partial charge is 0.493 e. The lowest BCUT2D eigenvalue weighted by Crippen LogP contribution is -2.28. The van der Waals surface area contributed by atoms with E-state index in [1.807, 2.05) is 19.9 Å². The number of likely N-dealkylation sites (tertiary alicyclic amines) is 1. The van der Waals surface area contributed by atoms with E-state index in [9.17, 15) is 0 Å². The van der Waals surface area contributed by atoms with Crippen LogP contribution in [-0.4, -0.2) is 43.3 Å². The Labute approximate surface area is 160 Å². The van der Waals surface area contributed by atoms with Crippen LogP contribution in [0.25, 0.3) is 0 Å². The van der Waals surface area contributed by atoms with Gasteiger partial charge >= 0.3 is 0 Å². The van der Waals surface area contributed by atoms with E-state index < -0.39 is 0 Å². The lowest BCUT2D eigenvalue weighted by molar-refractivity contribution is 0.266. The van der Waals surface area contributed by atoms with Crippen LogP contribution in [0.3, 0.4) is 0 Å². The highest BCUT2D eigenvalue weighted by Gasteiger charge is 2.40. The molecule has 6 nitrogen and oxygen atoms in total. The van der Waals surface area contributed by atoms with Gasteiger partial charge in [0.1, 0.15) is 12.4 Å². The van der Waals surface area contributed by atoms with E-state index in [4.69, 9.17) is 14.0 Å². The van der Waals surface area contributed by atoms with Crippen LogP contribution in [0.2, 0.25) is 0 Å². The number of nitrogens with one attached hydrogen (secondary N) is 1. The SMILES string of the molecule is COc1cc(CN2CCC3(CCNC3)C2)ccc1OCc1c(C)noc1C. The maximum absolute atomic E-state index is 5.99. The molecule has 0 saturated carbocycles. The normalized spacial score (nSPS) is 22.6. The number of ether oxygens (including phenoxy) is 2. The lowest BCUT2D eigenvalue weighted by atomic mass is 9.86. The third-order valence-electron chi connectivity index (χ3n) is 6.04. The molecular weight excluding hydrogens is 342 g/mol. The number of benzene rings is 1. The van der Waals surface area contributed by atoms with E-state index in [0.29, 0.717) is 12.0 Å². The smallest absolute Gasteiger partial charge is 0.161 e. The minimum atomic E-state index is 0.429. The maximum Gasteiger partial charge on any atom is 0.161 e. The molecular formula is C21H29N3O3. The van der Waals surface area contributed by atoms with Gasteiger partial charge in [-0.25, -0.2) is 0 Å². The molecule has 1 spiro atoms. The Bertz CT molecular complexity index is 776. The number of hydrogen-bond donors (Lipinski definition) is 1. The number of aromatic nitrogens is 1. The minimum absolute atomic E-state index is 0.429. The van der Waals surface area contributed by atoms with Crippen LogP contribution in [0, 0.1) is 19.3 Å². The van der Waals surface area contributed by atoms with Gasteiger partial charge in [0.15, 0.2) is 11.5 Å². The monoisotopic (exact) mass is 371 g/mol. The Morgan fingerprint density at radius 2 is 2.15 bits per heavy atom. The number of rotatable bonds is 6. The first-order valence-electron chi connectivity index (χ1n) is 9.73. The molecule has 0 amide bonds. The first-order chi connectivity index (χ1) is 13.1. The fraction of sp³-hybridized carbons (Fsp3) is 0.571. The quantitative estimate of drug-likeness (QED) is 0.842. The fourth-order valence-electron chi connectivity index (χ4n) is 4.35. The molecule has 1 N–H and O–H groups in total. The predicted octanol–water partition coefficient (Wildman–Crippen LogP) is 3.06. The molecule has 27 heavy (non-hydrogen) atoms. The standard InChI is InChI=1S/C21H29N3O3/c1-15-18(16(2)27-23-15)12-26-19-5-4-17(10-20(19)25-3)11-24-9-7-21(14-24)6-8-22-13-21/h4-5,10,22H,6-9,11-14H2,1-3H3. The maximum atomic E-state index is 5.99. The third kappa shape index (κ3) is 3.82. The summed E-state index contributed by atoms with van der Waals surface area (Å²) in [4.78, 5) is 2.56. The van der Waals surface area contributed by atoms with Crippen molar-refractivity contribution in [2.24, 2.45) is 5.41 Å². The second-order valence-electron chi connectivity index (χ2n) is 7.96. The van der Waals surface area contributed by atoms with E-state index in [0.717, 1.165) is 35.1 Å². The number of nitrogens with zero attached hydrogens (tertiary/aromatic N) is 2. The highest BCUT2D eigenvalue weighted by Crippen LogP contribution is 2.37. The molecule has 2 saturated heterocycles. The zero-order valence-electron chi connectivity index (χ0n) is 16.5. The summed E-state index contributed by atoms with van der Waals surface area (Å²) in [7, 11) is 1.69. The number of methoxy groups -OCH3 is 1. The van der Waals surface area contributed by atoms with Crippen molar-refractivity contribution in [3.05, 3.63) is 40.8 Å². The fourth-order valence-corrected chi connectivity index (χ4v) is 4.35. The van der Waals surface area contributed by atoms with Crippen LogP contribution < -0.4 is 14.8 Å². The molecule has 2 fully saturated rings. The first kappa shape index (κ1) is 18.3. The summed E-state index contributed by atoms with van der Waals surface area (Å²) in [6.07, 6.45) is 2.61. The van der Waals surface area contributed by atoms with Gasteiger partial charge in [-0.05, 0) is 62.9 Å². The van der Waals surface area contributed by atoms with Gasteiger partial charge in [-0.2, -0.15) is 0 Å². The van der Waals surface area contributed by atoms with Crippen molar-refractivity contribution in [2.45, 2.75) is 39.8 Å². The molecule has 1 aromatic carbocycles. The van der Waals surface area contributed by atoms with Crippen LogP contribution in [0.1, 0.15) is 35.4 Å². The summed E-state index contributed by atoms with van der Waals surface area (Å²) in [5, 5.41) is 7.50. The van der Waals surface area contributed by atoms with Gasteiger partial charge in [0, 0.05) is 19.6 Å². The van der Waals surface area contributed by atoms with Crippen LogP contribution >= 0.6 is 0 Å². The Morgan fingerprint density at radius 1 is 1.26 bits per heavy atom. The van der Waals surface area contributed by atoms with Gasteiger partial charge in [-0.1, -0.05) is 11.2 Å². The van der Waals surface area contributed by atoms with E-state index in [-0.39, 0.29) is 0 Å². The summed E-state index contributed by atoms with van der Waals surface area (Å²) in [5.41, 5.74) is 3.63. The van der Waals surface area contributed by atoms with Crippen molar-refractivity contribution >= 4 is 0 Å². The number of aryl methyl sites for hydroxylation is 2. The molecule has 2 aliphatic heterocycles. The number of hydrogen-bond acceptors (Lipinski definition) is 6. The second-order valence-corrected chi connectivity index (χ2v) is 7.96. The zero-order chi connectivity index (χ0) is 18.9. The molecule has 1 aromatic heterocycles. The van der Waals surface area contributed by atoms with Crippen molar-refractivity contribution in [1.82, 2.24) is 15.4 Å². The van der Waals surface area contributed by atoms with Crippen molar-refractivity contribution in [3.63, 3.8) is 0 Å². The van der Waals surface area contributed by atoms with Crippen LogP contribution in [0.4, 0.5) is 0 Å². The Kier molecular flexibility index (Phi) is 5.10. The zero-order valence-corrected chi connectivity index (χ0v) is 16.5. The average molecular weight is 371 g/mol. The van der Waals surface area contributed by atoms with Crippen molar-refractivity contribution in [3.8, 4) is 11.5 Å². The molecule has 2 aromatic rings. The van der Waals surface area contributed by atoms with Gasteiger partial charge in [0.2, 0.25) is 0 Å². The van der Waals surface area contributed by atoms with Gasteiger partial charge < -0.3 is 19.3 Å².